The van der Waals surface area contributed by atoms with E-state index in [1.54, 1.807) is 13.0 Å². The molecule has 0 aliphatic heterocycles. The zero-order valence-electron chi connectivity index (χ0n) is 15.9. The number of carbonyl (C=O) groups is 1. The van der Waals surface area contributed by atoms with Gasteiger partial charge < -0.3 is 14.4 Å². The number of halogens is 1. The number of methoxy groups -OCH3 is 1. The minimum absolute atomic E-state index is 0.161. The van der Waals surface area contributed by atoms with Gasteiger partial charge >= 0.3 is 5.97 Å². The van der Waals surface area contributed by atoms with Crippen molar-refractivity contribution in [3.05, 3.63) is 77.4 Å². The molecule has 0 bridgehead atoms. The molecule has 0 amide bonds. The molecule has 0 spiro atoms. The molecule has 2 aromatic carbocycles. The van der Waals surface area contributed by atoms with Crippen LogP contribution in [0.4, 0.5) is 0 Å². The van der Waals surface area contributed by atoms with Crippen LogP contribution in [0.15, 0.2) is 71.0 Å². The molecule has 0 atom stereocenters. The van der Waals surface area contributed by atoms with Gasteiger partial charge in [-0.2, -0.15) is 0 Å². The van der Waals surface area contributed by atoms with Crippen LogP contribution >= 0.6 is 15.9 Å². The largest absolute Gasteiger partial charge is 0.465 e. The highest BCUT2D eigenvalue weighted by atomic mass is 79.9. The smallest absolute Gasteiger partial charge is 0.338 e. The number of rotatable bonds is 8. The van der Waals surface area contributed by atoms with Crippen LogP contribution in [0.2, 0.25) is 0 Å². The fourth-order valence-corrected chi connectivity index (χ4v) is 2.90. The fourth-order valence-electron chi connectivity index (χ4n) is 2.50. The molecule has 0 saturated heterocycles. The third-order valence-electron chi connectivity index (χ3n) is 3.79. The molecule has 0 heterocycles. The van der Waals surface area contributed by atoms with Crippen molar-refractivity contribution in [3.63, 3.8) is 0 Å². The Morgan fingerprint density at radius 3 is 2.36 bits per heavy atom. The number of hydrogen-bond acceptors (Lipinski definition) is 6. The van der Waals surface area contributed by atoms with Crippen LogP contribution in [0.5, 0.6) is 0 Å². The van der Waals surface area contributed by atoms with E-state index in [0.717, 1.165) is 16.7 Å². The zero-order chi connectivity index (χ0) is 20.4. The van der Waals surface area contributed by atoms with E-state index < -0.39 is 5.97 Å². The number of carbonyl (C=O) groups excluding carboxylic acids is 1. The topological polar surface area (TPSA) is 69.5 Å². The predicted molar refractivity (Wildman–Crippen MR) is 113 cm³/mol. The Balaban J connectivity index is 2.20. The van der Waals surface area contributed by atoms with Crippen molar-refractivity contribution in [1.29, 1.82) is 0 Å². The molecule has 2 rings (SSSR count). The first kappa shape index (κ1) is 21.4. The van der Waals surface area contributed by atoms with E-state index in [0.29, 0.717) is 15.9 Å². The van der Waals surface area contributed by atoms with Crippen LogP contribution < -0.4 is 0 Å². The average molecular weight is 445 g/mol. The maximum Gasteiger partial charge on any atom is 0.338 e. The number of nitrogens with zero attached hydrogens (tertiary/aromatic N) is 2. The maximum absolute atomic E-state index is 12.0. The Morgan fingerprint density at radius 1 is 1.04 bits per heavy atom. The second-order valence-electron chi connectivity index (χ2n) is 5.50. The van der Waals surface area contributed by atoms with Crippen LogP contribution in [0.25, 0.3) is 5.57 Å². The van der Waals surface area contributed by atoms with Gasteiger partial charge in [-0.1, -0.05) is 71.0 Å². The monoisotopic (exact) mass is 444 g/mol. The Labute approximate surface area is 172 Å². The molecule has 0 aromatic heterocycles. The summed E-state index contributed by atoms with van der Waals surface area (Å²) in [5.41, 5.74) is 3.33. The average Bonchev–Trinajstić information content (AvgIpc) is 2.73. The lowest BCUT2D eigenvalue weighted by Gasteiger charge is -2.11. The molecule has 2 aromatic rings. The van der Waals surface area contributed by atoms with Gasteiger partial charge in [0.05, 0.1) is 12.7 Å². The summed E-state index contributed by atoms with van der Waals surface area (Å²) in [6, 6.07) is 16.9. The highest BCUT2D eigenvalue weighted by Crippen LogP contribution is 2.21. The van der Waals surface area contributed by atoms with E-state index in [2.05, 4.69) is 26.2 Å². The Kier molecular flexibility index (Phi) is 8.42. The van der Waals surface area contributed by atoms with Gasteiger partial charge in [-0.15, -0.1) is 0 Å². The van der Waals surface area contributed by atoms with Crippen LogP contribution in [0.3, 0.4) is 0 Å². The fraction of sp³-hybridized carbons (Fsp3) is 0.190. The standard InChI is InChI=1S/C21H21BrN2O4/c1-4-17(21(25)26-2)18-13-9-8-12-16(18)14-28-24-20(22)19(23-27-3)15-10-6-5-7-11-15/h4-13H,14H2,1-3H3. The van der Waals surface area contributed by atoms with Gasteiger partial charge in [0.1, 0.15) is 19.4 Å². The quantitative estimate of drug-likeness (QED) is 0.259. The Hall–Kier alpha value is -2.93. The van der Waals surface area contributed by atoms with E-state index in [1.165, 1.54) is 14.2 Å². The van der Waals surface area contributed by atoms with Gasteiger partial charge in [-0.05, 0) is 28.4 Å². The van der Waals surface area contributed by atoms with Crippen LogP contribution in [0, 0.1) is 0 Å². The van der Waals surface area contributed by atoms with Crippen molar-refractivity contribution in [1.82, 2.24) is 0 Å². The Bertz CT molecular complexity index is 892. The van der Waals surface area contributed by atoms with Crippen molar-refractivity contribution in [3.8, 4) is 0 Å². The Morgan fingerprint density at radius 2 is 1.71 bits per heavy atom. The lowest BCUT2D eigenvalue weighted by Crippen LogP contribution is -2.11. The molecule has 6 nitrogen and oxygen atoms in total. The highest BCUT2D eigenvalue weighted by molar-refractivity contribution is 9.19. The number of ether oxygens (including phenoxy) is 1. The summed E-state index contributed by atoms with van der Waals surface area (Å²) in [7, 11) is 2.82. The molecule has 0 fully saturated rings. The summed E-state index contributed by atoms with van der Waals surface area (Å²) < 4.78 is 5.24. The predicted octanol–water partition coefficient (Wildman–Crippen LogP) is 4.54. The molecule has 146 valence electrons. The zero-order valence-corrected chi connectivity index (χ0v) is 17.5. The van der Waals surface area contributed by atoms with Gasteiger partial charge in [0.2, 0.25) is 0 Å². The highest BCUT2D eigenvalue weighted by Gasteiger charge is 2.15. The molecular formula is C21H21BrN2O4. The van der Waals surface area contributed by atoms with Crippen LogP contribution in [-0.2, 0) is 25.8 Å². The normalized spacial score (nSPS) is 12.5. The molecule has 0 unspecified atom stereocenters. The van der Waals surface area contributed by atoms with E-state index >= 15 is 0 Å². The van der Waals surface area contributed by atoms with Crippen LogP contribution in [-0.4, -0.2) is 30.5 Å². The molecule has 0 aliphatic rings. The van der Waals surface area contributed by atoms with E-state index in [1.807, 2.05) is 54.6 Å². The van der Waals surface area contributed by atoms with Gasteiger partial charge in [-0.3, -0.25) is 0 Å². The SMILES string of the molecule is CC=C(C(=O)OC)c1ccccc1CON=C(Br)C(=NOC)c1ccccc1. The van der Waals surface area contributed by atoms with Crippen molar-refractivity contribution < 1.29 is 19.2 Å². The lowest BCUT2D eigenvalue weighted by atomic mass is 10.00. The number of benzene rings is 2. The van der Waals surface area contributed by atoms with E-state index in [9.17, 15) is 4.79 Å². The first-order valence-electron chi connectivity index (χ1n) is 8.47. The molecule has 0 aliphatic carbocycles. The molecule has 0 radical (unpaired) electrons. The molecular weight excluding hydrogens is 424 g/mol. The van der Waals surface area contributed by atoms with Crippen molar-refractivity contribution in [2.24, 2.45) is 10.3 Å². The second kappa shape index (κ2) is 11.0. The lowest BCUT2D eigenvalue weighted by molar-refractivity contribution is -0.133. The van der Waals surface area contributed by atoms with E-state index in [4.69, 9.17) is 14.4 Å². The second-order valence-corrected chi connectivity index (χ2v) is 6.25. The number of allylic oxidation sites excluding steroid dienone is 1. The minimum Gasteiger partial charge on any atom is -0.465 e. The number of hydrogen-bond donors (Lipinski definition) is 0. The summed E-state index contributed by atoms with van der Waals surface area (Å²) in [6.07, 6.45) is 1.71. The molecule has 0 saturated carbocycles. The van der Waals surface area contributed by atoms with Gasteiger partial charge in [0.15, 0.2) is 4.62 Å². The number of esters is 1. The molecule has 0 N–H and O–H groups in total. The summed E-state index contributed by atoms with van der Waals surface area (Å²) in [5.74, 6) is -0.404. The van der Waals surface area contributed by atoms with Crippen molar-refractivity contribution in [2.45, 2.75) is 13.5 Å². The van der Waals surface area contributed by atoms with Gasteiger partial charge in [0.25, 0.3) is 0 Å². The van der Waals surface area contributed by atoms with Crippen molar-refractivity contribution in [2.75, 3.05) is 14.2 Å². The molecule has 7 heteroatoms. The maximum atomic E-state index is 12.0. The number of oxime groups is 2. The van der Waals surface area contributed by atoms with E-state index in [-0.39, 0.29) is 6.61 Å². The van der Waals surface area contributed by atoms with Gasteiger partial charge in [0, 0.05) is 11.1 Å². The summed E-state index contributed by atoms with van der Waals surface area (Å²) in [6.45, 7) is 1.95. The van der Waals surface area contributed by atoms with Gasteiger partial charge in [-0.25, -0.2) is 4.79 Å². The first-order valence-corrected chi connectivity index (χ1v) is 9.27. The summed E-state index contributed by atoms with van der Waals surface area (Å²) >= 11 is 3.38. The minimum atomic E-state index is -0.404. The summed E-state index contributed by atoms with van der Waals surface area (Å²) in [5, 5.41) is 8.09. The first-order chi connectivity index (χ1) is 13.6. The van der Waals surface area contributed by atoms with Crippen molar-refractivity contribution >= 4 is 37.8 Å². The summed E-state index contributed by atoms with van der Waals surface area (Å²) in [4.78, 5) is 22.4. The molecule has 28 heavy (non-hydrogen) atoms. The van der Waals surface area contributed by atoms with Crippen LogP contribution in [0.1, 0.15) is 23.6 Å². The third kappa shape index (κ3) is 5.53. The third-order valence-corrected chi connectivity index (χ3v) is 4.31.